The highest BCUT2D eigenvalue weighted by atomic mass is 16.8. The Labute approximate surface area is 43.4 Å². The Balaban J connectivity index is 2.14. The van der Waals surface area contributed by atoms with Gasteiger partial charge in [-0.2, -0.15) is 0 Å². The van der Waals surface area contributed by atoms with Gasteiger partial charge in [0.25, 0.3) is 0 Å². The summed E-state index contributed by atoms with van der Waals surface area (Å²) in [5.41, 5.74) is 0. The summed E-state index contributed by atoms with van der Waals surface area (Å²) < 4.78 is 9.94. The summed E-state index contributed by atoms with van der Waals surface area (Å²) in [5.74, 6) is 0.508. The molecular weight excluding hydrogens is 92.1 g/mol. The standard InChI is InChI=1S/C5H10O2/c1-4(2)5-6-3-7-5/h4-5H,3H2,1-2H3. The van der Waals surface area contributed by atoms with E-state index in [0.717, 1.165) is 0 Å². The SMILES string of the molecule is CC(C)C1OCO1. The smallest absolute Gasteiger partial charge is 0.165 e. The zero-order chi connectivity index (χ0) is 5.28. The van der Waals surface area contributed by atoms with Crippen LogP contribution in [0.15, 0.2) is 0 Å². The number of hydrogen-bond donors (Lipinski definition) is 0. The highest BCUT2D eigenvalue weighted by Crippen LogP contribution is 2.15. The van der Waals surface area contributed by atoms with Crippen LogP contribution in [0.3, 0.4) is 0 Å². The molecule has 0 N–H and O–H groups in total. The summed E-state index contributed by atoms with van der Waals surface area (Å²) in [7, 11) is 0. The van der Waals surface area contributed by atoms with Gasteiger partial charge in [0.05, 0.1) is 0 Å². The van der Waals surface area contributed by atoms with Crippen LogP contribution in [0.5, 0.6) is 0 Å². The van der Waals surface area contributed by atoms with E-state index in [9.17, 15) is 0 Å². The fourth-order valence-electron chi connectivity index (χ4n) is 0.532. The van der Waals surface area contributed by atoms with Crippen LogP contribution in [0, 0.1) is 5.92 Å². The molecule has 0 bridgehead atoms. The first-order valence-electron chi connectivity index (χ1n) is 2.54. The number of hydrogen-bond acceptors (Lipinski definition) is 2. The van der Waals surface area contributed by atoms with Gasteiger partial charge in [0.2, 0.25) is 0 Å². The van der Waals surface area contributed by atoms with Gasteiger partial charge in [-0.15, -0.1) is 0 Å². The number of rotatable bonds is 1. The highest BCUT2D eigenvalue weighted by molar-refractivity contribution is 4.52. The van der Waals surface area contributed by atoms with Crippen molar-refractivity contribution in [3.05, 3.63) is 0 Å². The lowest BCUT2D eigenvalue weighted by Gasteiger charge is -2.29. The van der Waals surface area contributed by atoms with Crippen LogP contribution in [-0.2, 0) is 9.47 Å². The van der Waals surface area contributed by atoms with Gasteiger partial charge in [0.1, 0.15) is 0 Å². The van der Waals surface area contributed by atoms with E-state index in [1.54, 1.807) is 0 Å². The summed E-state index contributed by atoms with van der Waals surface area (Å²) in [6, 6.07) is 0. The van der Waals surface area contributed by atoms with Gasteiger partial charge in [0.15, 0.2) is 13.1 Å². The molecule has 2 nitrogen and oxygen atoms in total. The van der Waals surface area contributed by atoms with E-state index in [-0.39, 0.29) is 6.29 Å². The van der Waals surface area contributed by atoms with E-state index < -0.39 is 0 Å². The minimum atomic E-state index is 0.0833. The molecule has 7 heavy (non-hydrogen) atoms. The van der Waals surface area contributed by atoms with Gasteiger partial charge in [0, 0.05) is 5.92 Å². The Morgan fingerprint density at radius 2 is 2.00 bits per heavy atom. The third-order valence-electron chi connectivity index (χ3n) is 1.01. The van der Waals surface area contributed by atoms with Gasteiger partial charge >= 0.3 is 0 Å². The zero-order valence-electron chi connectivity index (χ0n) is 4.68. The van der Waals surface area contributed by atoms with Gasteiger partial charge in [-0.3, -0.25) is 0 Å². The van der Waals surface area contributed by atoms with Crippen molar-refractivity contribution in [2.75, 3.05) is 6.79 Å². The first-order valence-corrected chi connectivity index (χ1v) is 2.54. The predicted octanol–water partition coefficient (Wildman–Crippen LogP) is 0.973. The summed E-state index contributed by atoms with van der Waals surface area (Å²) >= 11 is 0. The lowest BCUT2D eigenvalue weighted by Crippen LogP contribution is -2.34. The molecule has 42 valence electrons. The van der Waals surface area contributed by atoms with Gasteiger partial charge in [-0.05, 0) is 0 Å². The molecule has 1 heterocycles. The monoisotopic (exact) mass is 102 g/mol. The van der Waals surface area contributed by atoms with Crippen molar-refractivity contribution < 1.29 is 9.47 Å². The largest absolute Gasteiger partial charge is 0.326 e. The quantitative estimate of drug-likeness (QED) is 0.491. The van der Waals surface area contributed by atoms with Crippen LogP contribution >= 0.6 is 0 Å². The van der Waals surface area contributed by atoms with Gasteiger partial charge in [-0.1, -0.05) is 13.8 Å². The Hall–Kier alpha value is -0.0800. The summed E-state index contributed by atoms with van der Waals surface area (Å²) in [5, 5.41) is 0. The lowest BCUT2D eigenvalue weighted by atomic mass is 10.2. The van der Waals surface area contributed by atoms with E-state index in [4.69, 9.17) is 9.47 Å². The molecule has 1 aliphatic heterocycles. The van der Waals surface area contributed by atoms with Crippen LogP contribution in [0.4, 0.5) is 0 Å². The van der Waals surface area contributed by atoms with Crippen LogP contribution in [0.1, 0.15) is 13.8 Å². The second kappa shape index (κ2) is 1.80. The average molecular weight is 102 g/mol. The molecule has 0 spiro atoms. The van der Waals surface area contributed by atoms with E-state index in [2.05, 4.69) is 13.8 Å². The molecule has 0 atom stereocenters. The Morgan fingerprint density at radius 1 is 1.43 bits per heavy atom. The van der Waals surface area contributed by atoms with Gasteiger partial charge < -0.3 is 9.47 Å². The van der Waals surface area contributed by atoms with Crippen LogP contribution in [0.25, 0.3) is 0 Å². The predicted molar refractivity (Wildman–Crippen MR) is 25.7 cm³/mol. The minimum Gasteiger partial charge on any atom is -0.326 e. The third kappa shape index (κ3) is 0.924. The fourth-order valence-corrected chi connectivity index (χ4v) is 0.532. The zero-order valence-corrected chi connectivity index (χ0v) is 4.68. The Morgan fingerprint density at radius 3 is 2.00 bits per heavy atom. The normalized spacial score (nSPS) is 22.7. The summed E-state index contributed by atoms with van der Waals surface area (Å²) in [6.07, 6.45) is 0.0833. The number of ether oxygens (including phenoxy) is 2. The molecule has 0 aromatic heterocycles. The maximum absolute atomic E-state index is 4.97. The molecule has 0 saturated carbocycles. The summed E-state index contributed by atoms with van der Waals surface area (Å²) in [6.45, 7) is 4.64. The molecule has 2 heteroatoms. The first kappa shape index (κ1) is 5.06. The van der Waals surface area contributed by atoms with Gasteiger partial charge in [-0.25, -0.2) is 0 Å². The van der Waals surface area contributed by atoms with Crippen molar-refractivity contribution in [3.8, 4) is 0 Å². The second-order valence-corrected chi connectivity index (χ2v) is 2.06. The minimum absolute atomic E-state index is 0.0833. The van der Waals surface area contributed by atoms with E-state index >= 15 is 0 Å². The lowest BCUT2D eigenvalue weighted by molar-refractivity contribution is -0.335. The summed E-state index contributed by atoms with van der Waals surface area (Å²) in [4.78, 5) is 0. The van der Waals surface area contributed by atoms with E-state index in [1.165, 1.54) is 0 Å². The van der Waals surface area contributed by atoms with Crippen LogP contribution in [-0.4, -0.2) is 13.1 Å². The van der Waals surface area contributed by atoms with E-state index in [1.807, 2.05) is 0 Å². The van der Waals surface area contributed by atoms with Crippen molar-refractivity contribution in [1.82, 2.24) is 0 Å². The van der Waals surface area contributed by atoms with Crippen molar-refractivity contribution in [2.24, 2.45) is 5.92 Å². The maximum atomic E-state index is 4.97. The first-order chi connectivity index (χ1) is 3.30. The Kier molecular flexibility index (Phi) is 1.30. The molecule has 1 fully saturated rings. The molecule has 0 aliphatic carbocycles. The molecule has 0 amide bonds. The average Bonchev–Trinajstić information content (AvgIpc) is 1.23. The molecule has 0 aromatic carbocycles. The van der Waals surface area contributed by atoms with Crippen LogP contribution in [0.2, 0.25) is 0 Å². The molecule has 1 saturated heterocycles. The van der Waals surface area contributed by atoms with Crippen molar-refractivity contribution in [3.63, 3.8) is 0 Å². The van der Waals surface area contributed by atoms with Crippen LogP contribution < -0.4 is 0 Å². The molecule has 1 rings (SSSR count). The molecular formula is C5H10O2. The fraction of sp³-hybridized carbons (Fsp3) is 1.00. The molecule has 0 radical (unpaired) electrons. The van der Waals surface area contributed by atoms with Crippen molar-refractivity contribution >= 4 is 0 Å². The highest BCUT2D eigenvalue weighted by Gasteiger charge is 2.21. The molecule has 1 aliphatic rings. The third-order valence-corrected chi connectivity index (χ3v) is 1.01. The van der Waals surface area contributed by atoms with Crippen molar-refractivity contribution in [2.45, 2.75) is 20.1 Å². The molecule has 0 unspecified atom stereocenters. The van der Waals surface area contributed by atoms with E-state index in [0.29, 0.717) is 12.7 Å². The Bertz CT molecular complexity index is 57.1. The molecule has 0 aromatic rings. The topological polar surface area (TPSA) is 18.5 Å². The second-order valence-electron chi connectivity index (χ2n) is 2.06. The maximum Gasteiger partial charge on any atom is 0.165 e. The van der Waals surface area contributed by atoms with Crippen molar-refractivity contribution in [1.29, 1.82) is 0 Å².